The number of rotatable bonds is 5. The summed E-state index contributed by atoms with van der Waals surface area (Å²) in [6, 6.07) is 5.51. The Bertz CT molecular complexity index is 388. The molecule has 3 heteroatoms. The van der Waals surface area contributed by atoms with Crippen molar-refractivity contribution < 1.29 is 4.39 Å². The van der Waals surface area contributed by atoms with Crippen molar-refractivity contribution in [2.45, 2.75) is 25.8 Å². The Hall–Kier alpha value is -0.930. The molecular formula is C14H21FN2. The molecule has 94 valence electrons. The molecule has 1 saturated carbocycles. The predicted molar refractivity (Wildman–Crippen MR) is 68.3 cm³/mol. The molecule has 2 N–H and O–H groups in total. The lowest BCUT2D eigenvalue weighted by atomic mass is 10.0. The molecule has 1 fully saturated rings. The van der Waals surface area contributed by atoms with Crippen LogP contribution in [-0.2, 0) is 0 Å². The Labute approximate surface area is 103 Å². The SMILES string of the molecule is Cc1cc(C(CN)N(C)CC2CC2)ccc1F. The van der Waals surface area contributed by atoms with E-state index in [1.807, 2.05) is 12.1 Å². The van der Waals surface area contributed by atoms with Gasteiger partial charge in [-0.25, -0.2) is 4.39 Å². The molecule has 0 bridgehead atoms. The monoisotopic (exact) mass is 236 g/mol. The number of benzene rings is 1. The fourth-order valence-corrected chi connectivity index (χ4v) is 2.28. The lowest BCUT2D eigenvalue weighted by molar-refractivity contribution is 0.240. The van der Waals surface area contributed by atoms with Crippen molar-refractivity contribution in [2.75, 3.05) is 20.1 Å². The highest BCUT2D eigenvalue weighted by Gasteiger charge is 2.26. The summed E-state index contributed by atoms with van der Waals surface area (Å²) in [5.41, 5.74) is 7.67. The molecule has 0 spiro atoms. The molecule has 17 heavy (non-hydrogen) atoms. The molecular weight excluding hydrogens is 215 g/mol. The van der Waals surface area contributed by atoms with Crippen LogP contribution in [0.15, 0.2) is 18.2 Å². The fourth-order valence-electron chi connectivity index (χ4n) is 2.28. The molecule has 0 aromatic heterocycles. The molecule has 0 amide bonds. The number of hydrogen-bond donors (Lipinski definition) is 1. The van der Waals surface area contributed by atoms with Crippen molar-refractivity contribution in [1.82, 2.24) is 4.90 Å². The average molecular weight is 236 g/mol. The van der Waals surface area contributed by atoms with Crippen LogP contribution in [0.1, 0.15) is 30.0 Å². The topological polar surface area (TPSA) is 29.3 Å². The molecule has 1 aromatic carbocycles. The van der Waals surface area contributed by atoms with Crippen LogP contribution in [0, 0.1) is 18.7 Å². The Morgan fingerprint density at radius 2 is 2.18 bits per heavy atom. The number of nitrogens with zero attached hydrogens (tertiary/aromatic N) is 1. The predicted octanol–water partition coefficient (Wildman–Crippen LogP) is 2.48. The highest BCUT2D eigenvalue weighted by Crippen LogP contribution is 2.32. The first-order valence-electron chi connectivity index (χ1n) is 6.28. The van der Waals surface area contributed by atoms with Crippen LogP contribution in [0.4, 0.5) is 4.39 Å². The van der Waals surface area contributed by atoms with Gasteiger partial charge in [-0.3, -0.25) is 4.90 Å². The maximum atomic E-state index is 13.2. The van der Waals surface area contributed by atoms with Crippen LogP contribution in [-0.4, -0.2) is 25.0 Å². The Morgan fingerprint density at radius 1 is 1.47 bits per heavy atom. The van der Waals surface area contributed by atoms with Gasteiger partial charge in [-0.2, -0.15) is 0 Å². The molecule has 0 radical (unpaired) electrons. The van der Waals surface area contributed by atoms with Crippen LogP contribution in [0.5, 0.6) is 0 Å². The Balaban J connectivity index is 2.12. The van der Waals surface area contributed by atoms with E-state index in [2.05, 4.69) is 11.9 Å². The van der Waals surface area contributed by atoms with Crippen LogP contribution < -0.4 is 5.73 Å². The van der Waals surface area contributed by atoms with Gasteiger partial charge in [0.05, 0.1) is 0 Å². The standard InChI is InChI=1S/C14H21FN2/c1-10-7-12(5-6-13(10)15)14(8-16)17(2)9-11-3-4-11/h5-7,11,14H,3-4,8-9,16H2,1-2H3. The van der Waals surface area contributed by atoms with Crippen molar-refractivity contribution in [1.29, 1.82) is 0 Å². The first-order valence-corrected chi connectivity index (χ1v) is 6.28. The summed E-state index contributed by atoms with van der Waals surface area (Å²) in [6.45, 7) is 3.47. The molecule has 1 atom stereocenters. The van der Waals surface area contributed by atoms with Crippen LogP contribution >= 0.6 is 0 Å². The largest absolute Gasteiger partial charge is 0.329 e. The number of likely N-dealkylation sites (N-methyl/N-ethyl adjacent to an activating group) is 1. The second kappa shape index (κ2) is 5.15. The van der Waals surface area contributed by atoms with Gasteiger partial charge in [0.1, 0.15) is 5.82 Å². The van der Waals surface area contributed by atoms with E-state index in [9.17, 15) is 4.39 Å². The third-order valence-corrected chi connectivity index (χ3v) is 3.57. The molecule has 0 heterocycles. The molecule has 1 unspecified atom stereocenters. The van der Waals surface area contributed by atoms with Crippen LogP contribution in [0.2, 0.25) is 0 Å². The minimum Gasteiger partial charge on any atom is -0.329 e. The van der Waals surface area contributed by atoms with Gasteiger partial charge in [0.2, 0.25) is 0 Å². The lowest BCUT2D eigenvalue weighted by Gasteiger charge is -2.27. The average Bonchev–Trinajstić information content (AvgIpc) is 3.08. The summed E-state index contributed by atoms with van der Waals surface area (Å²) in [5, 5.41) is 0. The first-order chi connectivity index (χ1) is 8.11. The third kappa shape index (κ3) is 3.05. The van der Waals surface area contributed by atoms with E-state index in [0.29, 0.717) is 12.1 Å². The molecule has 1 aliphatic carbocycles. The van der Waals surface area contributed by atoms with Gasteiger partial charge < -0.3 is 5.73 Å². The van der Waals surface area contributed by atoms with E-state index >= 15 is 0 Å². The van der Waals surface area contributed by atoms with Gasteiger partial charge in [-0.15, -0.1) is 0 Å². The molecule has 0 aliphatic heterocycles. The van der Waals surface area contributed by atoms with Gasteiger partial charge in [0, 0.05) is 19.1 Å². The molecule has 2 rings (SSSR count). The van der Waals surface area contributed by atoms with Gasteiger partial charge >= 0.3 is 0 Å². The van der Waals surface area contributed by atoms with Gasteiger partial charge in [0.25, 0.3) is 0 Å². The summed E-state index contributed by atoms with van der Waals surface area (Å²) in [6.07, 6.45) is 2.67. The number of nitrogens with two attached hydrogens (primary N) is 1. The summed E-state index contributed by atoms with van der Waals surface area (Å²) >= 11 is 0. The molecule has 1 aromatic rings. The summed E-state index contributed by atoms with van der Waals surface area (Å²) in [4.78, 5) is 2.30. The normalized spacial score (nSPS) is 17.5. The maximum absolute atomic E-state index is 13.2. The summed E-state index contributed by atoms with van der Waals surface area (Å²) < 4.78 is 13.2. The quantitative estimate of drug-likeness (QED) is 0.851. The van der Waals surface area contributed by atoms with Crippen molar-refractivity contribution in [3.8, 4) is 0 Å². The highest BCUT2D eigenvalue weighted by molar-refractivity contribution is 5.26. The minimum atomic E-state index is -0.144. The van der Waals surface area contributed by atoms with Crippen LogP contribution in [0.25, 0.3) is 0 Å². The van der Waals surface area contributed by atoms with E-state index in [-0.39, 0.29) is 11.9 Å². The molecule has 0 saturated heterocycles. The highest BCUT2D eigenvalue weighted by atomic mass is 19.1. The fraction of sp³-hybridized carbons (Fsp3) is 0.571. The second-order valence-electron chi connectivity index (χ2n) is 5.14. The van der Waals surface area contributed by atoms with E-state index in [1.165, 1.54) is 18.9 Å². The van der Waals surface area contributed by atoms with Crippen molar-refractivity contribution in [3.05, 3.63) is 35.1 Å². The van der Waals surface area contributed by atoms with Crippen molar-refractivity contribution in [2.24, 2.45) is 11.7 Å². The summed E-state index contributed by atoms with van der Waals surface area (Å²) in [7, 11) is 2.11. The van der Waals surface area contributed by atoms with E-state index in [4.69, 9.17) is 5.73 Å². The second-order valence-corrected chi connectivity index (χ2v) is 5.14. The number of hydrogen-bond acceptors (Lipinski definition) is 2. The number of halogens is 1. The first kappa shape index (κ1) is 12.5. The zero-order valence-electron chi connectivity index (χ0n) is 10.6. The summed E-state index contributed by atoms with van der Waals surface area (Å²) in [5.74, 6) is 0.699. The lowest BCUT2D eigenvalue weighted by Crippen LogP contribution is -2.32. The van der Waals surface area contributed by atoms with Crippen LogP contribution in [0.3, 0.4) is 0 Å². The van der Waals surface area contributed by atoms with Gasteiger partial charge in [-0.05, 0) is 49.9 Å². The smallest absolute Gasteiger partial charge is 0.126 e. The van der Waals surface area contributed by atoms with Gasteiger partial charge in [0.15, 0.2) is 0 Å². The molecule has 2 nitrogen and oxygen atoms in total. The van der Waals surface area contributed by atoms with Crippen molar-refractivity contribution in [3.63, 3.8) is 0 Å². The maximum Gasteiger partial charge on any atom is 0.126 e. The number of aryl methyl sites for hydroxylation is 1. The minimum absolute atomic E-state index is 0.144. The van der Waals surface area contributed by atoms with E-state index < -0.39 is 0 Å². The molecule has 1 aliphatic rings. The zero-order chi connectivity index (χ0) is 12.4. The Morgan fingerprint density at radius 3 is 2.71 bits per heavy atom. The third-order valence-electron chi connectivity index (χ3n) is 3.57. The zero-order valence-corrected chi connectivity index (χ0v) is 10.6. The van der Waals surface area contributed by atoms with Crippen molar-refractivity contribution >= 4 is 0 Å². The van der Waals surface area contributed by atoms with Gasteiger partial charge in [-0.1, -0.05) is 12.1 Å². The van der Waals surface area contributed by atoms with E-state index in [0.717, 1.165) is 18.0 Å². The Kier molecular flexibility index (Phi) is 3.79. The van der Waals surface area contributed by atoms with E-state index in [1.54, 1.807) is 6.92 Å².